The topological polar surface area (TPSA) is 43.8 Å². The summed E-state index contributed by atoms with van der Waals surface area (Å²) in [6.07, 6.45) is 2.61. The van der Waals surface area contributed by atoms with Gasteiger partial charge in [0.1, 0.15) is 0 Å². The van der Waals surface area contributed by atoms with Gasteiger partial charge in [0.15, 0.2) is 0 Å². The summed E-state index contributed by atoms with van der Waals surface area (Å²) in [5.74, 6) is 0.335. The van der Waals surface area contributed by atoms with E-state index in [2.05, 4.69) is 43.2 Å². The quantitative estimate of drug-likeness (QED) is 0.884. The maximum absolute atomic E-state index is 6.48. The van der Waals surface area contributed by atoms with Gasteiger partial charge in [0.2, 0.25) is 0 Å². The van der Waals surface area contributed by atoms with Crippen LogP contribution in [0, 0.1) is 0 Å². The lowest BCUT2D eigenvalue weighted by molar-refractivity contribution is 0.500. The molecule has 0 saturated heterocycles. The summed E-state index contributed by atoms with van der Waals surface area (Å²) >= 11 is 6.43. The normalized spacial score (nSPS) is 14.1. The first-order valence-electron chi connectivity index (χ1n) is 7.59. The van der Waals surface area contributed by atoms with Crippen LogP contribution in [0.2, 0.25) is 5.02 Å². The average Bonchev–Trinajstić information content (AvgIpc) is 2.76. The molecule has 2 aromatic rings. The summed E-state index contributed by atoms with van der Waals surface area (Å²) in [6, 6.07) is 10.5. The molecule has 2 N–H and O–H groups in total. The van der Waals surface area contributed by atoms with E-state index in [0.29, 0.717) is 5.92 Å². The smallest absolute Gasteiger partial charge is 0.0850 e. The molecular formula is C17H24ClN3. The predicted octanol–water partition coefficient (Wildman–Crippen LogP) is 3.70. The molecule has 2 unspecified atom stereocenters. The molecule has 0 aliphatic rings. The predicted molar refractivity (Wildman–Crippen MR) is 88.7 cm³/mol. The molecule has 114 valence electrons. The molecule has 0 aliphatic carbocycles. The zero-order valence-corrected chi connectivity index (χ0v) is 13.8. The van der Waals surface area contributed by atoms with Gasteiger partial charge >= 0.3 is 0 Å². The van der Waals surface area contributed by atoms with Crippen molar-refractivity contribution < 1.29 is 0 Å². The number of nitrogens with zero attached hydrogens (tertiary/aromatic N) is 2. The number of rotatable bonds is 6. The Morgan fingerprint density at radius 2 is 1.90 bits per heavy atom. The van der Waals surface area contributed by atoms with Crippen LogP contribution in [-0.2, 0) is 19.9 Å². The van der Waals surface area contributed by atoms with E-state index >= 15 is 0 Å². The van der Waals surface area contributed by atoms with Crippen LogP contribution >= 0.6 is 11.6 Å². The van der Waals surface area contributed by atoms with Gasteiger partial charge in [-0.2, -0.15) is 5.10 Å². The summed E-state index contributed by atoms with van der Waals surface area (Å²) in [7, 11) is 1.94. The molecule has 2 rings (SSSR count). The van der Waals surface area contributed by atoms with Gasteiger partial charge < -0.3 is 5.73 Å². The molecule has 0 spiro atoms. The number of hydrogen-bond acceptors (Lipinski definition) is 2. The van der Waals surface area contributed by atoms with Gasteiger partial charge in [-0.1, -0.05) is 55.8 Å². The van der Waals surface area contributed by atoms with E-state index in [9.17, 15) is 0 Å². The highest BCUT2D eigenvalue weighted by molar-refractivity contribution is 6.31. The van der Waals surface area contributed by atoms with Crippen LogP contribution in [0.3, 0.4) is 0 Å². The van der Waals surface area contributed by atoms with Gasteiger partial charge in [-0.15, -0.1) is 0 Å². The third-order valence-electron chi connectivity index (χ3n) is 4.12. The Bertz CT molecular complexity index is 577. The van der Waals surface area contributed by atoms with Gasteiger partial charge in [-0.05, 0) is 24.3 Å². The average molecular weight is 306 g/mol. The standard InChI is InChI=1S/C17H24ClN3/c1-4-13(12-9-7-6-8-10-12)14(19)11-16-17(18)15(5-2)20-21(16)3/h6-10,13-14H,4-5,11,19H2,1-3H3. The summed E-state index contributed by atoms with van der Waals surface area (Å²) in [6.45, 7) is 4.25. The van der Waals surface area contributed by atoms with Crippen LogP contribution in [0.25, 0.3) is 0 Å². The van der Waals surface area contributed by atoms with E-state index < -0.39 is 0 Å². The number of aryl methyl sites for hydroxylation is 2. The number of nitrogens with two attached hydrogens (primary N) is 1. The van der Waals surface area contributed by atoms with Gasteiger partial charge in [0.25, 0.3) is 0 Å². The van der Waals surface area contributed by atoms with E-state index in [0.717, 1.165) is 35.7 Å². The zero-order chi connectivity index (χ0) is 15.4. The Morgan fingerprint density at radius 3 is 2.43 bits per heavy atom. The molecule has 0 radical (unpaired) electrons. The molecule has 0 amide bonds. The highest BCUT2D eigenvalue weighted by Crippen LogP contribution is 2.27. The van der Waals surface area contributed by atoms with Crippen LogP contribution in [-0.4, -0.2) is 15.8 Å². The molecule has 0 aliphatic heterocycles. The van der Waals surface area contributed by atoms with Gasteiger partial charge in [0.05, 0.1) is 16.4 Å². The third-order valence-corrected chi connectivity index (χ3v) is 4.55. The summed E-state index contributed by atoms with van der Waals surface area (Å²) < 4.78 is 1.87. The first-order chi connectivity index (χ1) is 10.1. The summed E-state index contributed by atoms with van der Waals surface area (Å²) in [5, 5.41) is 5.25. The highest BCUT2D eigenvalue weighted by atomic mass is 35.5. The van der Waals surface area contributed by atoms with Crippen molar-refractivity contribution in [1.82, 2.24) is 9.78 Å². The SMILES string of the molecule is CCc1nn(C)c(CC(N)C(CC)c2ccccc2)c1Cl. The fourth-order valence-electron chi connectivity index (χ4n) is 2.89. The van der Waals surface area contributed by atoms with Crippen LogP contribution in [0.1, 0.15) is 43.1 Å². The second-order valence-electron chi connectivity index (χ2n) is 5.48. The van der Waals surface area contributed by atoms with Crippen molar-refractivity contribution in [1.29, 1.82) is 0 Å². The molecule has 0 bridgehead atoms. The molecule has 0 saturated carbocycles. The minimum atomic E-state index is 0.0370. The Labute approximate surface area is 132 Å². The molecule has 2 atom stereocenters. The minimum Gasteiger partial charge on any atom is -0.327 e. The van der Waals surface area contributed by atoms with E-state index in [1.54, 1.807) is 0 Å². The van der Waals surface area contributed by atoms with Crippen molar-refractivity contribution in [2.45, 2.75) is 45.1 Å². The number of halogens is 1. The molecule has 1 heterocycles. The highest BCUT2D eigenvalue weighted by Gasteiger charge is 2.22. The molecule has 4 heteroatoms. The lowest BCUT2D eigenvalue weighted by Crippen LogP contribution is -2.31. The van der Waals surface area contributed by atoms with Crippen molar-refractivity contribution in [2.75, 3.05) is 0 Å². The minimum absolute atomic E-state index is 0.0370. The second-order valence-corrected chi connectivity index (χ2v) is 5.86. The lowest BCUT2D eigenvalue weighted by Gasteiger charge is -2.23. The van der Waals surface area contributed by atoms with Crippen LogP contribution in [0.4, 0.5) is 0 Å². The van der Waals surface area contributed by atoms with E-state index in [1.165, 1.54) is 5.56 Å². The van der Waals surface area contributed by atoms with E-state index in [-0.39, 0.29) is 6.04 Å². The van der Waals surface area contributed by atoms with Crippen molar-refractivity contribution in [3.8, 4) is 0 Å². The molecule has 1 aromatic heterocycles. The maximum Gasteiger partial charge on any atom is 0.0850 e. The largest absolute Gasteiger partial charge is 0.327 e. The van der Waals surface area contributed by atoms with Crippen molar-refractivity contribution in [3.05, 3.63) is 52.3 Å². The Morgan fingerprint density at radius 1 is 1.24 bits per heavy atom. The summed E-state index contributed by atoms with van der Waals surface area (Å²) in [5.41, 5.74) is 9.76. The van der Waals surface area contributed by atoms with Crippen LogP contribution < -0.4 is 5.73 Å². The molecule has 3 nitrogen and oxygen atoms in total. The van der Waals surface area contributed by atoms with Crippen molar-refractivity contribution in [2.24, 2.45) is 12.8 Å². The Balaban J connectivity index is 2.20. The number of benzene rings is 1. The lowest BCUT2D eigenvalue weighted by atomic mass is 9.87. The van der Waals surface area contributed by atoms with Gasteiger partial charge in [-0.3, -0.25) is 4.68 Å². The maximum atomic E-state index is 6.48. The zero-order valence-electron chi connectivity index (χ0n) is 13.0. The third kappa shape index (κ3) is 3.47. The Kier molecular flexibility index (Phi) is 5.43. The number of aromatic nitrogens is 2. The van der Waals surface area contributed by atoms with Crippen molar-refractivity contribution >= 4 is 11.6 Å². The number of hydrogen-bond donors (Lipinski definition) is 1. The monoisotopic (exact) mass is 305 g/mol. The van der Waals surface area contributed by atoms with Crippen LogP contribution in [0.5, 0.6) is 0 Å². The van der Waals surface area contributed by atoms with E-state index in [4.69, 9.17) is 17.3 Å². The molecule has 0 fully saturated rings. The van der Waals surface area contributed by atoms with Gasteiger partial charge in [-0.25, -0.2) is 0 Å². The summed E-state index contributed by atoms with van der Waals surface area (Å²) in [4.78, 5) is 0. The fourth-order valence-corrected chi connectivity index (χ4v) is 3.26. The first-order valence-corrected chi connectivity index (χ1v) is 7.97. The molecular weight excluding hydrogens is 282 g/mol. The van der Waals surface area contributed by atoms with E-state index in [1.807, 2.05) is 17.8 Å². The molecule has 21 heavy (non-hydrogen) atoms. The van der Waals surface area contributed by atoms with Gasteiger partial charge in [0, 0.05) is 19.5 Å². The Hall–Kier alpha value is -1.32. The van der Waals surface area contributed by atoms with Crippen molar-refractivity contribution in [3.63, 3.8) is 0 Å². The fraction of sp³-hybridized carbons (Fsp3) is 0.471. The second kappa shape index (κ2) is 7.10. The first kappa shape index (κ1) is 16.1. The molecule has 1 aromatic carbocycles. The van der Waals surface area contributed by atoms with Crippen LogP contribution in [0.15, 0.2) is 30.3 Å².